The summed E-state index contributed by atoms with van der Waals surface area (Å²) in [6, 6.07) is 5.26. The lowest BCUT2D eigenvalue weighted by Gasteiger charge is -2.26. The lowest BCUT2D eigenvalue weighted by molar-refractivity contribution is 0.00551. The van der Waals surface area contributed by atoms with Gasteiger partial charge in [0.1, 0.15) is 0 Å². The van der Waals surface area contributed by atoms with Gasteiger partial charge >= 0.3 is 6.03 Å². The molecule has 0 bridgehead atoms. The van der Waals surface area contributed by atoms with Crippen LogP contribution in [0.1, 0.15) is 5.56 Å². The molecule has 128 valence electrons. The number of urea groups is 1. The highest BCUT2D eigenvalue weighted by molar-refractivity contribution is 7.90. The Morgan fingerprint density at radius 1 is 1.26 bits per heavy atom. The number of carbonyl (C=O) groups is 1. The zero-order valence-corrected chi connectivity index (χ0v) is 13.8. The first-order valence-electron chi connectivity index (χ1n) is 7.29. The van der Waals surface area contributed by atoms with E-state index in [0.29, 0.717) is 19.8 Å². The number of morpholine rings is 1. The first-order valence-corrected chi connectivity index (χ1v) is 8.77. The second-order valence-electron chi connectivity index (χ2n) is 5.15. The number of aryl methyl sites for hydroxylation is 1. The van der Waals surface area contributed by atoms with Crippen LogP contribution in [0.2, 0.25) is 0 Å². The van der Waals surface area contributed by atoms with Crippen LogP contribution in [0.15, 0.2) is 29.2 Å². The molecule has 0 radical (unpaired) electrons. The Balaban J connectivity index is 1.72. The predicted octanol–water partition coefficient (Wildman–Crippen LogP) is 0.247. The fraction of sp³-hybridized carbons (Fsp3) is 0.500. The molecule has 1 saturated heterocycles. The topological polar surface area (TPSA) is 97.0 Å². The van der Waals surface area contributed by atoms with Crippen LogP contribution in [0.25, 0.3) is 0 Å². The van der Waals surface area contributed by atoms with E-state index in [0.717, 1.165) is 18.7 Å². The summed E-state index contributed by atoms with van der Waals surface area (Å²) < 4.78 is 31.1. The molecule has 8 nitrogen and oxygen atoms in total. The Morgan fingerprint density at radius 3 is 2.57 bits per heavy atom. The summed E-state index contributed by atoms with van der Waals surface area (Å²) in [6.45, 7) is 5.74. The number of hydrogen-bond acceptors (Lipinski definition) is 6. The van der Waals surface area contributed by atoms with Crippen molar-refractivity contribution in [2.75, 3.05) is 39.5 Å². The highest BCUT2D eigenvalue weighted by Crippen LogP contribution is 2.09. The number of carbonyl (C=O) groups excluding carboxylic acids is 1. The van der Waals surface area contributed by atoms with E-state index in [-0.39, 0.29) is 11.5 Å². The van der Waals surface area contributed by atoms with Crippen LogP contribution in [-0.2, 0) is 19.6 Å². The van der Waals surface area contributed by atoms with Gasteiger partial charge in [0.25, 0.3) is 10.0 Å². The van der Waals surface area contributed by atoms with Crippen molar-refractivity contribution in [3.05, 3.63) is 29.8 Å². The molecule has 0 saturated carbocycles. The van der Waals surface area contributed by atoms with Crippen molar-refractivity contribution in [1.29, 1.82) is 0 Å². The summed E-state index contributed by atoms with van der Waals surface area (Å²) in [6.07, 6.45) is 0. The Hall–Kier alpha value is -1.68. The normalized spacial score (nSPS) is 16.0. The van der Waals surface area contributed by atoms with Crippen LogP contribution in [0.3, 0.4) is 0 Å². The standard InChI is InChI=1S/C14H21N3O5S/c1-12-2-4-13(5-3-12)23(19,20)16-14(18)15-22-11-8-17-6-9-21-10-7-17/h2-5H,6-11H2,1H3,(H2,15,16,18). The number of rotatable bonds is 6. The summed E-state index contributed by atoms with van der Waals surface area (Å²) in [5.74, 6) is 0. The Kier molecular flexibility index (Phi) is 6.34. The van der Waals surface area contributed by atoms with E-state index < -0.39 is 16.1 Å². The summed E-state index contributed by atoms with van der Waals surface area (Å²) in [7, 11) is -3.90. The highest BCUT2D eigenvalue weighted by Gasteiger charge is 2.17. The van der Waals surface area contributed by atoms with Gasteiger partial charge in [0.05, 0.1) is 24.7 Å². The molecule has 0 aliphatic carbocycles. The average molecular weight is 343 g/mol. The molecule has 2 rings (SSSR count). The summed E-state index contributed by atoms with van der Waals surface area (Å²) in [4.78, 5) is 18.7. The van der Waals surface area contributed by atoms with Crippen molar-refractivity contribution < 1.29 is 22.8 Å². The third-order valence-electron chi connectivity index (χ3n) is 3.34. The molecule has 0 atom stereocenters. The van der Waals surface area contributed by atoms with Gasteiger partial charge in [0.15, 0.2) is 0 Å². The molecule has 1 aliphatic rings. The average Bonchev–Trinajstić information content (AvgIpc) is 2.52. The van der Waals surface area contributed by atoms with E-state index in [9.17, 15) is 13.2 Å². The molecule has 0 unspecified atom stereocenters. The monoisotopic (exact) mass is 343 g/mol. The minimum absolute atomic E-state index is 0.0200. The number of benzene rings is 1. The molecular weight excluding hydrogens is 322 g/mol. The number of ether oxygens (including phenoxy) is 1. The summed E-state index contributed by atoms with van der Waals surface area (Å²) in [5, 5.41) is 0. The van der Waals surface area contributed by atoms with Crippen molar-refractivity contribution >= 4 is 16.1 Å². The first kappa shape index (κ1) is 17.7. The largest absolute Gasteiger partial charge is 0.379 e. The van der Waals surface area contributed by atoms with Gasteiger partial charge in [-0.2, -0.15) is 0 Å². The smallest absolute Gasteiger partial charge is 0.352 e. The van der Waals surface area contributed by atoms with Gasteiger partial charge < -0.3 is 4.74 Å². The molecule has 1 aliphatic heterocycles. The molecule has 1 heterocycles. The lowest BCUT2D eigenvalue weighted by atomic mass is 10.2. The van der Waals surface area contributed by atoms with Crippen molar-refractivity contribution in [1.82, 2.24) is 15.1 Å². The zero-order chi connectivity index (χ0) is 16.7. The van der Waals surface area contributed by atoms with E-state index in [2.05, 4.69) is 10.4 Å². The van der Waals surface area contributed by atoms with E-state index >= 15 is 0 Å². The van der Waals surface area contributed by atoms with Gasteiger partial charge in [-0.25, -0.2) is 23.4 Å². The number of nitrogens with zero attached hydrogens (tertiary/aromatic N) is 1. The van der Waals surface area contributed by atoms with Crippen LogP contribution in [0.4, 0.5) is 4.79 Å². The number of nitrogens with one attached hydrogen (secondary N) is 2. The van der Waals surface area contributed by atoms with Crippen LogP contribution in [0.5, 0.6) is 0 Å². The number of hydrogen-bond donors (Lipinski definition) is 2. The van der Waals surface area contributed by atoms with Gasteiger partial charge in [0.2, 0.25) is 0 Å². The SMILES string of the molecule is Cc1ccc(S(=O)(=O)NC(=O)NOCCN2CCOCC2)cc1. The predicted molar refractivity (Wildman–Crippen MR) is 83.2 cm³/mol. The third kappa shape index (κ3) is 5.79. The molecule has 23 heavy (non-hydrogen) atoms. The molecule has 1 aromatic rings. The zero-order valence-electron chi connectivity index (χ0n) is 12.9. The molecule has 2 N–H and O–H groups in total. The van der Waals surface area contributed by atoms with Crippen LogP contribution in [-0.4, -0.2) is 58.8 Å². The summed E-state index contributed by atoms with van der Waals surface area (Å²) in [5.41, 5.74) is 3.00. The first-order chi connectivity index (χ1) is 11.0. The molecular formula is C14H21N3O5S. The van der Waals surface area contributed by atoms with E-state index in [4.69, 9.17) is 9.57 Å². The van der Waals surface area contributed by atoms with E-state index in [1.807, 2.05) is 11.6 Å². The van der Waals surface area contributed by atoms with Crippen molar-refractivity contribution in [2.45, 2.75) is 11.8 Å². The maximum atomic E-state index is 12.0. The van der Waals surface area contributed by atoms with Gasteiger partial charge in [-0.1, -0.05) is 17.7 Å². The fourth-order valence-electron chi connectivity index (χ4n) is 2.04. The fourth-order valence-corrected chi connectivity index (χ4v) is 2.93. The number of amides is 2. The molecule has 0 spiro atoms. The minimum Gasteiger partial charge on any atom is -0.379 e. The van der Waals surface area contributed by atoms with Crippen molar-refractivity contribution in [3.63, 3.8) is 0 Å². The molecule has 9 heteroatoms. The van der Waals surface area contributed by atoms with Gasteiger partial charge in [0, 0.05) is 19.6 Å². The molecule has 0 aromatic heterocycles. The van der Waals surface area contributed by atoms with Gasteiger partial charge in [-0.3, -0.25) is 9.74 Å². The van der Waals surface area contributed by atoms with E-state index in [1.165, 1.54) is 12.1 Å². The van der Waals surface area contributed by atoms with Crippen molar-refractivity contribution in [3.8, 4) is 0 Å². The Labute approximate surface area is 135 Å². The Bertz CT molecular complexity index is 612. The lowest BCUT2D eigenvalue weighted by Crippen LogP contribution is -2.42. The van der Waals surface area contributed by atoms with E-state index in [1.54, 1.807) is 12.1 Å². The molecule has 1 aromatic carbocycles. The second-order valence-corrected chi connectivity index (χ2v) is 6.83. The quantitative estimate of drug-likeness (QED) is 0.568. The maximum Gasteiger partial charge on any atom is 0.352 e. The van der Waals surface area contributed by atoms with Crippen LogP contribution >= 0.6 is 0 Å². The van der Waals surface area contributed by atoms with Gasteiger partial charge in [-0.05, 0) is 19.1 Å². The third-order valence-corrected chi connectivity index (χ3v) is 4.68. The number of sulfonamides is 1. The van der Waals surface area contributed by atoms with Crippen LogP contribution < -0.4 is 10.2 Å². The number of hydroxylamine groups is 1. The molecule has 2 amide bonds. The van der Waals surface area contributed by atoms with Crippen molar-refractivity contribution in [2.24, 2.45) is 0 Å². The minimum atomic E-state index is -3.90. The van der Waals surface area contributed by atoms with Gasteiger partial charge in [-0.15, -0.1) is 0 Å². The summed E-state index contributed by atoms with van der Waals surface area (Å²) >= 11 is 0. The highest BCUT2D eigenvalue weighted by atomic mass is 32.2. The second kappa shape index (κ2) is 8.25. The maximum absolute atomic E-state index is 12.0. The Morgan fingerprint density at radius 2 is 1.91 bits per heavy atom. The van der Waals surface area contributed by atoms with Crippen LogP contribution in [0, 0.1) is 6.92 Å². The molecule has 1 fully saturated rings.